The first kappa shape index (κ1) is 16.8. The first-order valence-electron chi connectivity index (χ1n) is 6.41. The fraction of sp³-hybridized carbons (Fsp3) is 0.500. The minimum Gasteiger partial charge on any atom is -0.481 e. The van der Waals surface area contributed by atoms with Gasteiger partial charge in [0.2, 0.25) is 0 Å². The highest BCUT2D eigenvalue weighted by atomic mass is 35.5. The molecule has 2 N–H and O–H groups in total. The number of ether oxygens (including phenoxy) is 2. The number of hydrogen-bond donors (Lipinski definition) is 2. The highest BCUT2D eigenvalue weighted by molar-refractivity contribution is 6.30. The van der Waals surface area contributed by atoms with Crippen LogP contribution >= 0.6 is 11.6 Å². The second-order valence-electron chi connectivity index (χ2n) is 4.31. The Labute approximate surface area is 123 Å². The summed E-state index contributed by atoms with van der Waals surface area (Å²) < 4.78 is 10.4. The van der Waals surface area contributed by atoms with Gasteiger partial charge in [0.15, 0.2) is 6.10 Å². The number of aliphatic hydroxyl groups is 1. The van der Waals surface area contributed by atoms with Crippen molar-refractivity contribution in [2.75, 3.05) is 20.3 Å². The molecule has 0 saturated heterocycles. The third kappa shape index (κ3) is 5.36. The minimum absolute atomic E-state index is 0.196. The molecule has 0 radical (unpaired) electrons. The van der Waals surface area contributed by atoms with Crippen LogP contribution in [-0.2, 0) is 16.1 Å². The van der Waals surface area contributed by atoms with Crippen LogP contribution in [0.1, 0.15) is 18.9 Å². The van der Waals surface area contributed by atoms with E-state index in [1.165, 1.54) is 0 Å². The standard InChI is InChI=1S/C14H20ClNO4/c1-10(14(18)16-6-3-7-19-2)20-13-5-4-12(15)8-11(13)9-17/h4-5,8,10,17H,3,6-7,9H2,1-2H3,(H,16,18). The molecular formula is C14H20ClNO4. The summed E-state index contributed by atoms with van der Waals surface area (Å²) in [6, 6.07) is 4.90. The SMILES string of the molecule is COCCCNC(=O)C(C)Oc1ccc(Cl)cc1CO. The van der Waals surface area contributed by atoms with E-state index in [1.54, 1.807) is 32.2 Å². The Balaban J connectivity index is 2.52. The highest BCUT2D eigenvalue weighted by Gasteiger charge is 2.15. The van der Waals surface area contributed by atoms with E-state index in [0.717, 1.165) is 6.42 Å². The number of carbonyl (C=O) groups is 1. The summed E-state index contributed by atoms with van der Waals surface area (Å²) in [5, 5.41) is 12.5. The number of methoxy groups -OCH3 is 1. The first-order valence-corrected chi connectivity index (χ1v) is 6.79. The average Bonchev–Trinajstić information content (AvgIpc) is 2.45. The number of halogens is 1. The lowest BCUT2D eigenvalue weighted by Crippen LogP contribution is -2.37. The number of amides is 1. The van der Waals surface area contributed by atoms with Crippen LogP contribution in [0.15, 0.2) is 18.2 Å². The summed E-state index contributed by atoms with van der Waals surface area (Å²) in [6.45, 7) is 2.59. The van der Waals surface area contributed by atoms with Crippen LogP contribution in [0.25, 0.3) is 0 Å². The van der Waals surface area contributed by atoms with E-state index in [1.807, 2.05) is 0 Å². The van der Waals surface area contributed by atoms with Gasteiger partial charge in [0.1, 0.15) is 5.75 Å². The van der Waals surface area contributed by atoms with Gasteiger partial charge in [0.25, 0.3) is 5.91 Å². The lowest BCUT2D eigenvalue weighted by atomic mass is 10.2. The molecule has 0 heterocycles. The first-order chi connectivity index (χ1) is 9.58. The Bertz CT molecular complexity index is 439. The van der Waals surface area contributed by atoms with E-state index in [9.17, 15) is 9.90 Å². The van der Waals surface area contributed by atoms with Gasteiger partial charge in [-0.3, -0.25) is 4.79 Å². The molecule has 1 rings (SSSR count). The summed E-state index contributed by atoms with van der Waals surface area (Å²) in [7, 11) is 1.62. The highest BCUT2D eigenvalue weighted by Crippen LogP contribution is 2.23. The van der Waals surface area contributed by atoms with Crippen LogP contribution in [0.3, 0.4) is 0 Å². The predicted molar refractivity (Wildman–Crippen MR) is 77.0 cm³/mol. The van der Waals surface area contributed by atoms with Crippen molar-refractivity contribution in [1.82, 2.24) is 5.32 Å². The van der Waals surface area contributed by atoms with E-state index in [-0.39, 0.29) is 12.5 Å². The quantitative estimate of drug-likeness (QED) is 0.718. The topological polar surface area (TPSA) is 67.8 Å². The maximum Gasteiger partial charge on any atom is 0.260 e. The molecular weight excluding hydrogens is 282 g/mol. The van der Waals surface area contributed by atoms with E-state index in [4.69, 9.17) is 21.1 Å². The molecule has 20 heavy (non-hydrogen) atoms. The van der Waals surface area contributed by atoms with Crippen molar-refractivity contribution in [2.24, 2.45) is 0 Å². The lowest BCUT2D eigenvalue weighted by molar-refractivity contribution is -0.127. The van der Waals surface area contributed by atoms with Crippen LogP contribution in [0, 0.1) is 0 Å². The molecule has 1 aromatic carbocycles. The zero-order valence-electron chi connectivity index (χ0n) is 11.7. The average molecular weight is 302 g/mol. The Morgan fingerprint density at radius 1 is 1.50 bits per heavy atom. The molecule has 0 aliphatic heterocycles. The van der Waals surface area contributed by atoms with Gasteiger partial charge in [0.05, 0.1) is 6.61 Å². The fourth-order valence-corrected chi connectivity index (χ4v) is 1.80. The molecule has 1 atom stereocenters. The summed E-state index contributed by atoms with van der Waals surface area (Å²) in [6.07, 6.45) is 0.0988. The molecule has 5 nitrogen and oxygen atoms in total. The Morgan fingerprint density at radius 3 is 2.90 bits per heavy atom. The van der Waals surface area contributed by atoms with Crippen LogP contribution in [-0.4, -0.2) is 37.4 Å². The molecule has 0 aliphatic carbocycles. The second kappa shape index (κ2) is 8.79. The number of aliphatic hydroxyl groups excluding tert-OH is 1. The lowest BCUT2D eigenvalue weighted by Gasteiger charge is -2.16. The number of benzene rings is 1. The summed E-state index contributed by atoms with van der Waals surface area (Å²) in [4.78, 5) is 11.8. The van der Waals surface area contributed by atoms with Crippen molar-refractivity contribution in [3.8, 4) is 5.75 Å². The van der Waals surface area contributed by atoms with Gasteiger partial charge in [-0.05, 0) is 31.5 Å². The van der Waals surface area contributed by atoms with Crippen molar-refractivity contribution < 1.29 is 19.4 Å². The van der Waals surface area contributed by atoms with Gasteiger partial charge >= 0.3 is 0 Å². The van der Waals surface area contributed by atoms with E-state index >= 15 is 0 Å². The molecule has 0 fully saturated rings. The molecule has 112 valence electrons. The van der Waals surface area contributed by atoms with Gasteiger partial charge < -0.3 is 19.9 Å². The Morgan fingerprint density at radius 2 is 2.25 bits per heavy atom. The predicted octanol–water partition coefficient (Wildman–Crippen LogP) is 1.75. The Kier molecular flexibility index (Phi) is 7.36. The zero-order valence-corrected chi connectivity index (χ0v) is 12.4. The van der Waals surface area contributed by atoms with Gasteiger partial charge in [-0.25, -0.2) is 0 Å². The smallest absolute Gasteiger partial charge is 0.260 e. The Hall–Kier alpha value is -1.30. The normalized spacial score (nSPS) is 12.0. The molecule has 1 aromatic rings. The monoisotopic (exact) mass is 301 g/mol. The summed E-state index contributed by atoms with van der Waals surface area (Å²) in [5.74, 6) is 0.247. The third-order valence-corrected chi connectivity index (χ3v) is 2.93. The molecule has 1 unspecified atom stereocenters. The van der Waals surface area contributed by atoms with Crippen molar-refractivity contribution >= 4 is 17.5 Å². The fourth-order valence-electron chi connectivity index (χ4n) is 1.60. The third-order valence-electron chi connectivity index (χ3n) is 2.69. The number of hydrogen-bond acceptors (Lipinski definition) is 4. The molecule has 0 bridgehead atoms. The largest absolute Gasteiger partial charge is 0.481 e. The van der Waals surface area contributed by atoms with Crippen molar-refractivity contribution in [3.63, 3.8) is 0 Å². The zero-order chi connectivity index (χ0) is 15.0. The molecule has 0 spiro atoms. The van der Waals surface area contributed by atoms with E-state index < -0.39 is 6.10 Å². The van der Waals surface area contributed by atoms with Gasteiger partial charge in [-0.1, -0.05) is 11.6 Å². The van der Waals surface area contributed by atoms with Crippen molar-refractivity contribution in [1.29, 1.82) is 0 Å². The molecule has 0 aliphatic rings. The second-order valence-corrected chi connectivity index (χ2v) is 4.74. The van der Waals surface area contributed by atoms with Gasteiger partial charge in [-0.2, -0.15) is 0 Å². The van der Waals surface area contributed by atoms with Crippen molar-refractivity contribution in [3.05, 3.63) is 28.8 Å². The minimum atomic E-state index is -0.649. The summed E-state index contributed by atoms with van der Waals surface area (Å²) in [5.41, 5.74) is 0.552. The van der Waals surface area contributed by atoms with E-state index in [0.29, 0.717) is 29.5 Å². The molecule has 0 saturated carbocycles. The number of carbonyl (C=O) groups excluding carboxylic acids is 1. The van der Waals surface area contributed by atoms with E-state index in [2.05, 4.69) is 5.32 Å². The van der Waals surface area contributed by atoms with Gasteiger partial charge in [0, 0.05) is 30.8 Å². The van der Waals surface area contributed by atoms with Crippen LogP contribution in [0.4, 0.5) is 0 Å². The van der Waals surface area contributed by atoms with Crippen LogP contribution < -0.4 is 10.1 Å². The van der Waals surface area contributed by atoms with Gasteiger partial charge in [-0.15, -0.1) is 0 Å². The maximum atomic E-state index is 11.8. The molecule has 6 heteroatoms. The van der Waals surface area contributed by atoms with Crippen LogP contribution in [0.5, 0.6) is 5.75 Å². The maximum absolute atomic E-state index is 11.8. The van der Waals surface area contributed by atoms with Crippen molar-refractivity contribution in [2.45, 2.75) is 26.1 Å². The molecule has 0 aromatic heterocycles. The number of rotatable bonds is 8. The number of nitrogens with one attached hydrogen (secondary N) is 1. The molecule has 1 amide bonds. The summed E-state index contributed by atoms with van der Waals surface area (Å²) >= 11 is 5.84. The van der Waals surface area contributed by atoms with Crippen LogP contribution in [0.2, 0.25) is 5.02 Å².